The van der Waals surface area contributed by atoms with Gasteiger partial charge in [0.15, 0.2) is 5.54 Å². The normalized spacial score (nSPS) is 13.9. The zero-order chi connectivity index (χ0) is 13.4. The molecule has 0 saturated carbocycles. The summed E-state index contributed by atoms with van der Waals surface area (Å²) in [5, 5.41) is 3.20. The number of rotatable bonds is 7. The van der Waals surface area contributed by atoms with E-state index in [0.717, 1.165) is 5.56 Å². The second-order valence-corrected chi connectivity index (χ2v) is 3.93. The van der Waals surface area contributed by atoms with E-state index in [1.165, 1.54) is 7.11 Å². The molecule has 1 unspecified atom stereocenters. The number of benzene rings is 1. The monoisotopic (exact) mass is 251 g/mol. The molecule has 0 aliphatic rings. The van der Waals surface area contributed by atoms with Gasteiger partial charge in [-0.1, -0.05) is 37.3 Å². The van der Waals surface area contributed by atoms with Gasteiger partial charge in [-0.05, 0) is 19.0 Å². The zero-order valence-corrected chi connectivity index (χ0v) is 11.2. The van der Waals surface area contributed by atoms with Crippen molar-refractivity contribution in [3.8, 4) is 0 Å². The van der Waals surface area contributed by atoms with Crippen LogP contribution in [-0.2, 0) is 19.8 Å². The van der Waals surface area contributed by atoms with E-state index in [1.54, 1.807) is 0 Å². The summed E-state index contributed by atoms with van der Waals surface area (Å²) in [6.07, 6.45) is 0. The average molecular weight is 251 g/mol. The number of likely N-dealkylation sites (N-methyl/N-ethyl adjacent to an activating group) is 1. The fraction of sp³-hybridized carbons (Fsp3) is 0.500. The summed E-state index contributed by atoms with van der Waals surface area (Å²) in [5.41, 5.74) is -0.0759. The highest BCUT2D eigenvalue weighted by Crippen LogP contribution is 2.23. The molecule has 4 heteroatoms. The van der Waals surface area contributed by atoms with Crippen LogP contribution in [0.4, 0.5) is 0 Å². The van der Waals surface area contributed by atoms with Gasteiger partial charge in [-0.3, -0.25) is 5.32 Å². The molecule has 1 aromatic carbocycles. The molecule has 0 spiro atoms. The largest absolute Gasteiger partial charge is 0.467 e. The van der Waals surface area contributed by atoms with Crippen molar-refractivity contribution in [2.75, 3.05) is 26.9 Å². The summed E-state index contributed by atoms with van der Waals surface area (Å²) < 4.78 is 10.4. The predicted octanol–water partition coefficient (Wildman–Crippen LogP) is 1.70. The lowest BCUT2D eigenvalue weighted by molar-refractivity contribution is -0.152. The van der Waals surface area contributed by atoms with E-state index in [9.17, 15) is 4.79 Å². The molecule has 0 heterocycles. The average Bonchev–Trinajstić information content (AvgIpc) is 2.43. The molecule has 4 nitrogen and oxygen atoms in total. The van der Waals surface area contributed by atoms with Crippen LogP contribution in [0.1, 0.15) is 19.4 Å². The van der Waals surface area contributed by atoms with Crippen molar-refractivity contribution < 1.29 is 14.3 Å². The van der Waals surface area contributed by atoms with Gasteiger partial charge in [0.1, 0.15) is 0 Å². The van der Waals surface area contributed by atoms with E-state index in [-0.39, 0.29) is 12.6 Å². The van der Waals surface area contributed by atoms with Crippen molar-refractivity contribution in [3.05, 3.63) is 35.9 Å². The van der Waals surface area contributed by atoms with Crippen LogP contribution in [0.5, 0.6) is 0 Å². The van der Waals surface area contributed by atoms with Crippen LogP contribution < -0.4 is 5.32 Å². The lowest BCUT2D eigenvalue weighted by atomic mass is 9.90. The van der Waals surface area contributed by atoms with Crippen molar-refractivity contribution in [2.45, 2.75) is 19.4 Å². The van der Waals surface area contributed by atoms with Gasteiger partial charge in [0.05, 0.1) is 13.7 Å². The number of hydrogen-bond acceptors (Lipinski definition) is 4. The molecule has 0 fully saturated rings. The highest BCUT2D eigenvalue weighted by atomic mass is 16.5. The fourth-order valence-electron chi connectivity index (χ4n) is 1.94. The Morgan fingerprint density at radius 3 is 2.44 bits per heavy atom. The third-order valence-electron chi connectivity index (χ3n) is 2.80. The van der Waals surface area contributed by atoms with Crippen molar-refractivity contribution >= 4 is 5.97 Å². The maximum Gasteiger partial charge on any atom is 0.333 e. The quantitative estimate of drug-likeness (QED) is 0.749. The molecule has 0 amide bonds. The van der Waals surface area contributed by atoms with Crippen LogP contribution in [0.2, 0.25) is 0 Å². The SMILES string of the molecule is CCNC(COCC)(C(=O)OC)c1ccccc1. The third-order valence-corrected chi connectivity index (χ3v) is 2.80. The van der Waals surface area contributed by atoms with Crippen LogP contribution in [0.25, 0.3) is 0 Å². The van der Waals surface area contributed by atoms with Gasteiger partial charge in [0, 0.05) is 6.61 Å². The molecule has 0 bridgehead atoms. The zero-order valence-electron chi connectivity index (χ0n) is 11.2. The minimum absolute atomic E-state index is 0.258. The van der Waals surface area contributed by atoms with Crippen molar-refractivity contribution in [2.24, 2.45) is 0 Å². The first-order valence-corrected chi connectivity index (χ1v) is 6.18. The molecular formula is C14H21NO3. The molecule has 0 aliphatic carbocycles. The molecular weight excluding hydrogens is 230 g/mol. The van der Waals surface area contributed by atoms with Crippen molar-refractivity contribution in [1.82, 2.24) is 5.32 Å². The van der Waals surface area contributed by atoms with Crippen LogP contribution in [0.3, 0.4) is 0 Å². The second kappa shape index (κ2) is 7.13. The van der Waals surface area contributed by atoms with Crippen molar-refractivity contribution in [3.63, 3.8) is 0 Å². The van der Waals surface area contributed by atoms with Crippen LogP contribution in [0.15, 0.2) is 30.3 Å². The van der Waals surface area contributed by atoms with Crippen LogP contribution >= 0.6 is 0 Å². The number of esters is 1. The van der Waals surface area contributed by atoms with Gasteiger partial charge in [0.25, 0.3) is 0 Å². The van der Waals surface area contributed by atoms with E-state index in [1.807, 2.05) is 44.2 Å². The minimum Gasteiger partial charge on any atom is -0.467 e. The lowest BCUT2D eigenvalue weighted by Crippen LogP contribution is -2.53. The summed E-state index contributed by atoms with van der Waals surface area (Å²) in [4.78, 5) is 12.2. The highest BCUT2D eigenvalue weighted by Gasteiger charge is 2.41. The third kappa shape index (κ3) is 3.09. The number of carbonyl (C=O) groups excluding carboxylic acids is 1. The van der Waals surface area contributed by atoms with E-state index < -0.39 is 5.54 Å². The van der Waals surface area contributed by atoms with E-state index >= 15 is 0 Å². The maximum atomic E-state index is 12.2. The van der Waals surface area contributed by atoms with Gasteiger partial charge in [-0.25, -0.2) is 4.79 Å². The van der Waals surface area contributed by atoms with Gasteiger partial charge >= 0.3 is 5.97 Å². The fourth-order valence-corrected chi connectivity index (χ4v) is 1.94. The van der Waals surface area contributed by atoms with E-state index in [4.69, 9.17) is 9.47 Å². The summed E-state index contributed by atoms with van der Waals surface area (Å²) in [7, 11) is 1.39. The molecule has 1 atom stereocenters. The van der Waals surface area contributed by atoms with E-state index in [0.29, 0.717) is 13.2 Å². The Labute approximate surface area is 108 Å². The second-order valence-electron chi connectivity index (χ2n) is 3.93. The van der Waals surface area contributed by atoms with Gasteiger partial charge in [0.2, 0.25) is 0 Å². The molecule has 1 aromatic rings. The molecule has 0 aromatic heterocycles. The van der Waals surface area contributed by atoms with Gasteiger partial charge in [-0.15, -0.1) is 0 Å². The lowest BCUT2D eigenvalue weighted by Gasteiger charge is -2.31. The Balaban J connectivity index is 3.15. The Kier molecular flexibility index (Phi) is 5.82. The van der Waals surface area contributed by atoms with Crippen LogP contribution in [-0.4, -0.2) is 32.8 Å². The minimum atomic E-state index is -0.930. The Hall–Kier alpha value is -1.39. The Morgan fingerprint density at radius 1 is 1.28 bits per heavy atom. The van der Waals surface area contributed by atoms with Gasteiger partial charge in [-0.2, -0.15) is 0 Å². The Morgan fingerprint density at radius 2 is 1.94 bits per heavy atom. The number of methoxy groups -OCH3 is 1. The number of carbonyl (C=O) groups is 1. The summed E-state index contributed by atoms with van der Waals surface area (Å²) >= 11 is 0. The molecule has 100 valence electrons. The van der Waals surface area contributed by atoms with Gasteiger partial charge < -0.3 is 9.47 Å². The molecule has 0 aliphatic heterocycles. The molecule has 0 saturated heterocycles. The van der Waals surface area contributed by atoms with Crippen molar-refractivity contribution in [1.29, 1.82) is 0 Å². The predicted molar refractivity (Wildman–Crippen MR) is 70.3 cm³/mol. The smallest absolute Gasteiger partial charge is 0.333 e. The highest BCUT2D eigenvalue weighted by molar-refractivity contribution is 5.82. The first-order chi connectivity index (χ1) is 8.71. The summed E-state index contributed by atoms with van der Waals surface area (Å²) in [6, 6.07) is 9.52. The standard InChI is InChI=1S/C14H21NO3/c1-4-15-14(11-18-5-2,13(16)17-3)12-9-7-6-8-10-12/h6-10,15H,4-5,11H2,1-3H3. The summed E-state index contributed by atoms with van der Waals surface area (Å²) in [6.45, 7) is 5.31. The molecule has 1 N–H and O–H groups in total. The number of ether oxygens (including phenoxy) is 2. The molecule has 0 radical (unpaired) electrons. The first-order valence-electron chi connectivity index (χ1n) is 6.18. The number of hydrogen-bond donors (Lipinski definition) is 1. The summed E-state index contributed by atoms with van der Waals surface area (Å²) in [5.74, 6) is -0.330. The molecule has 1 rings (SSSR count). The first kappa shape index (κ1) is 14.7. The topological polar surface area (TPSA) is 47.6 Å². The van der Waals surface area contributed by atoms with Crippen LogP contribution in [0, 0.1) is 0 Å². The maximum absolute atomic E-state index is 12.2. The Bertz CT molecular complexity index is 367. The molecule has 18 heavy (non-hydrogen) atoms. The van der Waals surface area contributed by atoms with E-state index in [2.05, 4.69) is 5.32 Å². The number of nitrogens with one attached hydrogen (secondary N) is 1.